The number of phenols is 1. The number of anilines is 3. The van der Waals surface area contributed by atoms with Gasteiger partial charge in [0, 0.05) is 22.7 Å². The predicted molar refractivity (Wildman–Crippen MR) is 225 cm³/mol. The second-order valence-corrected chi connectivity index (χ2v) is 14.6. The van der Waals surface area contributed by atoms with Gasteiger partial charge in [0.05, 0.1) is 30.2 Å². The van der Waals surface area contributed by atoms with Gasteiger partial charge >= 0.3 is 0 Å². The lowest BCUT2D eigenvalue weighted by molar-refractivity contribution is -0.123. The number of aliphatic hydroxyl groups excluding tert-OH is 2. The maximum atomic E-state index is 14.4. The number of hydrogen-bond acceptors (Lipinski definition) is 7. The van der Waals surface area contributed by atoms with Crippen molar-refractivity contribution in [3.05, 3.63) is 174 Å². The fraction of sp³-hybridized carbons (Fsp3) is 0.184. The van der Waals surface area contributed by atoms with Crippen LogP contribution in [0.5, 0.6) is 11.5 Å². The summed E-state index contributed by atoms with van der Waals surface area (Å²) in [5.41, 5.74) is 6.35. The summed E-state index contributed by atoms with van der Waals surface area (Å²) in [6.45, 7) is -0.325. The summed E-state index contributed by atoms with van der Waals surface area (Å²) >= 11 is 0. The number of aliphatic hydroxyl groups is 2. The Morgan fingerprint density at radius 1 is 0.754 bits per heavy atom. The van der Waals surface area contributed by atoms with Crippen LogP contribution in [0.15, 0.2) is 163 Å². The van der Waals surface area contributed by atoms with Gasteiger partial charge in [-0.05, 0) is 107 Å². The molecule has 2 aliphatic rings. The van der Waals surface area contributed by atoms with Crippen LogP contribution in [0.2, 0.25) is 0 Å². The van der Waals surface area contributed by atoms with Crippen molar-refractivity contribution in [3.63, 3.8) is 0 Å². The summed E-state index contributed by atoms with van der Waals surface area (Å²) in [7, 11) is 0. The van der Waals surface area contributed by atoms with E-state index in [9.17, 15) is 24.9 Å². The lowest BCUT2D eigenvalue weighted by atomic mass is 9.68. The van der Waals surface area contributed by atoms with Crippen LogP contribution in [-0.4, -0.2) is 46.5 Å². The minimum Gasteiger partial charge on any atom is -0.507 e. The SMILES string of the molecule is O=C1[C@@H]2[C@@H](CC(COc3ccccc3)=C([C@H](O)CC/C(=C/c3ccc(O)c4ccccc34)c3ccccc3)[C@@H]2CO)C(=O)N1c1ccc(Nc2ccccc2)cc1. The molecule has 1 aliphatic heterocycles. The summed E-state index contributed by atoms with van der Waals surface area (Å²) in [6.07, 6.45) is 2.02. The Morgan fingerprint density at radius 3 is 2.09 bits per heavy atom. The molecule has 0 spiro atoms. The van der Waals surface area contributed by atoms with E-state index in [0.717, 1.165) is 38.8 Å². The normalized spacial score (nSPS) is 18.8. The van der Waals surface area contributed by atoms with Crippen molar-refractivity contribution in [1.82, 2.24) is 0 Å². The highest BCUT2D eigenvalue weighted by atomic mass is 16.5. The average Bonchev–Trinajstić information content (AvgIpc) is 3.51. The molecule has 0 unspecified atom stereocenters. The maximum Gasteiger partial charge on any atom is 0.238 e. The number of fused-ring (bicyclic) bond motifs is 2. The molecule has 8 heteroatoms. The zero-order chi connectivity index (χ0) is 39.3. The Labute approximate surface area is 332 Å². The number of allylic oxidation sites excluding steroid dienone is 1. The number of imide groups is 1. The number of carbonyl (C=O) groups excluding carboxylic acids is 2. The summed E-state index contributed by atoms with van der Waals surface area (Å²) in [5, 5.41) is 38.8. The van der Waals surface area contributed by atoms with Crippen molar-refractivity contribution in [3.8, 4) is 11.5 Å². The number of amides is 2. The first-order valence-corrected chi connectivity index (χ1v) is 19.3. The Morgan fingerprint density at radius 2 is 1.39 bits per heavy atom. The highest BCUT2D eigenvalue weighted by molar-refractivity contribution is 6.22. The van der Waals surface area contributed by atoms with Crippen molar-refractivity contribution in [2.45, 2.75) is 25.4 Å². The van der Waals surface area contributed by atoms with Crippen molar-refractivity contribution < 1.29 is 29.6 Å². The van der Waals surface area contributed by atoms with E-state index in [4.69, 9.17) is 4.74 Å². The van der Waals surface area contributed by atoms with Crippen molar-refractivity contribution in [1.29, 1.82) is 0 Å². The van der Waals surface area contributed by atoms with Crippen LogP contribution in [0.4, 0.5) is 17.1 Å². The van der Waals surface area contributed by atoms with Crippen LogP contribution < -0.4 is 15.0 Å². The highest BCUT2D eigenvalue weighted by Gasteiger charge is 2.55. The van der Waals surface area contributed by atoms with Gasteiger partial charge in [0.25, 0.3) is 0 Å². The van der Waals surface area contributed by atoms with E-state index in [1.54, 1.807) is 18.2 Å². The standard InChI is InChI=1S/C49H44N2O6/c52-30-43-46(45(54)27-20-33(32-12-4-1-5-13-32)28-34-21-26-44(53)41-19-11-10-18-40(34)41)35(31-57-39-16-8-3-9-17-39)29-42-47(43)49(56)51(48(42)55)38-24-22-37(23-25-38)50-36-14-6-2-7-15-36/h1-19,21-26,28,42-43,45,47,50,52-54H,20,27,29-31H2/b33-28-/t42-,43+,45-,47-/m1/s1. The number of para-hydroxylation sites is 2. The Kier molecular flexibility index (Phi) is 11.0. The van der Waals surface area contributed by atoms with Gasteiger partial charge in [0.15, 0.2) is 0 Å². The van der Waals surface area contributed by atoms with E-state index >= 15 is 0 Å². The summed E-state index contributed by atoms with van der Waals surface area (Å²) in [4.78, 5) is 29.8. The van der Waals surface area contributed by atoms with E-state index in [-0.39, 0.29) is 37.0 Å². The smallest absolute Gasteiger partial charge is 0.238 e. The van der Waals surface area contributed by atoms with Gasteiger partial charge in [0.2, 0.25) is 11.8 Å². The van der Waals surface area contributed by atoms with Gasteiger partial charge in [-0.3, -0.25) is 14.5 Å². The molecule has 0 bridgehead atoms. The number of aromatic hydroxyl groups is 1. The molecule has 8 rings (SSSR count). The molecule has 2 amide bonds. The number of phenolic OH excluding ortho intramolecular Hbond substituents is 1. The van der Waals surface area contributed by atoms with Crippen molar-refractivity contribution >= 4 is 51.3 Å². The fourth-order valence-electron chi connectivity index (χ4n) is 8.44. The first-order valence-electron chi connectivity index (χ1n) is 19.3. The zero-order valence-corrected chi connectivity index (χ0v) is 31.4. The van der Waals surface area contributed by atoms with E-state index in [1.807, 2.05) is 133 Å². The maximum absolute atomic E-state index is 14.4. The number of benzene rings is 6. The van der Waals surface area contributed by atoms with Crippen LogP contribution in [-0.2, 0) is 9.59 Å². The van der Waals surface area contributed by atoms with E-state index in [2.05, 4.69) is 11.4 Å². The quantitative estimate of drug-likeness (QED) is 0.0527. The largest absolute Gasteiger partial charge is 0.507 e. The molecule has 0 saturated carbocycles. The Balaban J connectivity index is 1.10. The summed E-state index contributed by atoms with van der Waals surface area (Å²) < 4.78 is 6.23. The first kappa shape index (κ1) is 37.4. The second-order valence-electron chi connectivity index (χ2n) is 14.6. The van der Waals surface area contributed by atoms with Crippen molar-refractivity contribution in [2.24, 2.45) is 17.8 Å². The summed E-state index contributed by atoms with van der Waals surface area (Å²) in [5.74, 6) is -2.22. The molecule has 6 aromatic rings. The van der Waals surface area contributed by atoms with E-state index in [0.29, 0.717) is 29.0 Å². The molecule has 1 fully saturated rings. The molecule has 1 aliphatic carbocycles. The number of nitrogens with zero attached hydrogens (tertiary/aromatic N) is 1. The molecule has 1 saturated heterocycles. The molecule has 57 heavy (non-hydrogen) atoms. The molecule has 6 aromatic carbocycles. The Hall–Kier alpha value is -6.48. The third-order valence-electron chi connectivity index (χ3n) is 11.2. The van der Waals surface area contributed by atoms with Gasteiger partial charge in [-0.1, -0.05) is 103 Å². The molecule has 0 radical (unpaired) electrons. The van der Waals surface area contributed by atoms with E-state index in [1.165, 1.54) is 4.90 Å². The van der Waals surface area contributed by atoms with Gasteiger partial charge in [0.1, 0.15) is 18.1 Å². The van der Waals surface area contributed by atoms with Gasteiger partial charge < -0.3 is 25.4 Å². The Bertz CT molecular complexity index is 2430. The van der Waals surface area contributed by atoms with Crippen LogP contribution in [0.25, 0.3) is 22.4 Å². The third-order valence-corrected chi connectivity index (χ3v) is 11.2. The van der Waals surface area contributed by atoms with E-state index < -0.39 is 30.5 Å². The van der Waals surface area contributed by atoms with Crippen LogP contribution in [0.1, 0.15) is 30.4 Å². The van der Waals surface area contributed by atoms with Crippen LogP contribution in [0.3, 0.4) is 0 Å². The highest BCUT2D eigenvalue weighted by Crippen LogP contribution is 2.48. The molecule has 8 nitrogen and oxygen atoms in total. The number of nitrogens with one attached hydrogen (secondary N) is 1. The monoisotopic (exact) mass is 756 g/mol. The number of carbonyl (C=O) groups is 2. The van der Waals surface area contributed by atoms with Gasteiger partial charge in [-0.25, -0.2) is 0 Å². The molecule has 286 valence electrons. The molecule has 1 heterocycles. The van der Waals surface area contributed by atoms with Gasteiger partial charge in [-0.15, -0.1) is 0 Å². The summed E-state index contributed by atoms with van der Waals surface area (Å²) in [6, 6.07) is 47.5. The lowest BCUT2D eigenvalue weighted by Crippen LogP contribution is -2.40. The lowest BCUT2D eigenvalue weighted by Gasteiger charge is -2.36. The third kappa shape index (κ3) is 7.83. The van der Waals surface area contributed by atoms with Crippen LogP contribution >= 0.6 is 0 Å². The topological polar surface area (TPSA) is 119 Å². The minimum absolute atomic E-state index is 0.0956. The fourth-order valence-corrected chi connectivity index (χ4v) is 8.44. The van der Waals surface area contributed by atoms with Crippen LogP contribution in [0, 0.1) is 17.8 Å². The first-order chi connectivity index (χ1) is 27.9. The van der Waals surface area contributed by atoms with Crippen molar-refractivity contribution in [2.75, 3.05) is 23.4 Å². The van der Waals surface area contributed by atoms with Gasteiger partial charge in [-0.2, -0.15) is 0 Å². The number of ether oxygens (including phenoxy) is 1. The molecule has 0 aromatic heterocycles. The molecular formula is C49H44N2O6. The predicted octanol–water partition coefficient (Wildman–Crippen LogP) is 9.16. The second kappa shape index (κ2) is 16.7. The molecule has 4 N–H and O–H groups in total. The number of hydrogen-bond donors (Lipinski definition) is 4. The minimum atomic E-state index is -1.04. The molecular weight excluding hydrogens is 713 g/mol. The number of rotatable bonds is 13. The average molecular weight is 757 g/mol. The zero-order valence-electron chi connectivity index (χ0n) is 31.4. The molecule has 4 atom stereocenters.